The van der Waals surface area contributed by atoms with Crippen LogP contribution in [-0.2, 0) is 4.74 Å². The van der Waals surface area contributed by atoms with Crippen LogP contribution in [0, 0.1) is 0 Å². The third kappa shape index (κ3) is 4.94. The molecule has 0 saturated heterocycles. The summed E-state index contributed by atoms with van der Waals surface area (Å²) in [5.41, 5.74) is 0.956. The summed E-state index contributed by atoms with van der Waals surface area (Å²) >= 11 is 0.939. The fourth-order valence-corrected chi connectivity index (χ4v) is 3.39. The molecule has 0 aliphatic rings. The van der Waals surface area contributed by atoms with Crippen LogP contribution in [0.5, 0.6) is 5.75 Å². The van der Waals surface area contributed by atoms with Crippen molar-refractivity contribution in [2.45, 2.75) is 13.5 Å². The van der Waals surface area contributed by atoms with Gasteiger partial charge in [-0.05, 0) is 19.1 Å². The molecule has 3 aromatic rings. The monoisotopic (exact) mass is 418 g/mol. The van der Waals surface area contributed by atoms with Crippen molar-refractivity contribution in [3.63, 3.8) is 0 Å². The second kappa shape index (κ2) is 9.24. The highest BCUT2D eigenvalue weighted by molar-refractivity contribution is 7.18. The van der Waals surface area contributed by atoms with E-state index in [4.69, 9.17) is 4.74 Å². The van der Waals surface area contributed by atoms with E-state index in [-0.39, 0.29) is 27.9 Å². The Morgan fingerprint density at radius 1 is 1.10 bits per heavy atom. The Morgan fingerprint density at radius 3 is 2.48 bits per heavy atom. The molecule has 29 heavy (non-hydrogen) atoms. The molecule has 0 fully saturated rings. The summed E-state index contributed by atoms with van der Waals surface area (Å²) in [5.74, 6) is -1.51. The summed E-state index contributed by atoms with van der Waals surface area (Å²) in [6.45, 7) is -1.20. The molecule has 0 aliphatic heterocycles. The molecule has 0 saturated carbocycles. The molecule has 0 bridgehead atoms. The number of carbonyl (C=O) groups is 2. The number of hydrogen-bond acceptors (Lipinski definition) is 6. The molecular weight excluding hydrogens is 402 g/mol. The van der Waals surface area contributed by atoms with Gasteiger partial charge in [-0.2, -0.15) is 8.78 Å². The van der Waals surface area contributed by atoms with E-state index in [0.717, 1.165) is 11.3 Å². The summed E-state index contributed by atoms with van der Waals surface area (Å²) in [7, 11) is 0. The van der Waals surface area contributed by atoms with E-state index < -0.39 is 18.5 Å². The van der Waals surface area contributed by atoms with Gasteiger partial charge in [0.2, 0.25) is 0 Å². The van der Waals surface area contributed by atoms with Gasteiger partial charge in [0.25, 0.3) is 5.91 Å². The number of nitrogens with zero attached hydrogens (tertiary/aromatic N) is 1. The first-order valence-corrected chi connectivity index (χ1v) is 9.39. The zero-order valence-corrected chi connectivity index (χ0v) is 16.0. The molecular formula is C20H16F2N2O4S. The molecule has 6 nitrogen and oxygen atoms in total. The van der Waals surface area contributed by atoms with Crippen molar-refractivity contribution in [3.05, 3.63) is 65.0 Å². The van der Waals surface area contributed by atoms with Gasteiger partial charge in [0.05, 0.1) is 17.9 Å². The smallest absolute Gasteiger partial charge is 0.387 e. The number of anilines is 1. The van der Waals surface area contributed by atoms with E-state index in [1.165, 1.54) is 24.3 Å². The number of hydrogen-bond donors (Lipinski definition) is 1. The van der Waals surface area contributed by atoms with Crippen LogP contribution in [0.4, 0.5) is 13.9 Å². The van der Waals surface area contributed by atoms with Crippen LogP contribution in [-0.4, -0.2) is 30.1 Å². The Hall–Kier alpha value is -3.33. The van der Waals surface area contributed by atoms with E-state index in [0.29, 0.717) is 11.3 Å². The minimum atomic E-state index is -3.07. The summed E-state index contributed by atoms with van der Waals surface area (Å²) in [4.78, 5) is 29.5. The van der Waals surface area contributed by atoms with Crippen molar-refractivity contribution in [2.75, 3.05) is 11.9 Å². The van der Waals surface area contributed by atoms with Crippen LogP contribution < -0.4 is 10.1 Å². The van der Waals surface area contributed by atoms with Gasteiger partial charge < -0.3 is 9.47 Å². The Labute approximate surface area is 169 Å². The highest BCUT2D eigenvalue weighted by Gasteiger charge is 2.23. The van der Waals surface area contributed by atoms with Gasteiger partial charge in [0.1, 0.15) is 10.6 Å². The predicted molar refractivity (Wildman–Crippen MR) is 105 cm³/mol. The first-order chi connectivity index (χ1) is 14.0. The average Bonchev–Trinajstić information content (AvgIpc) is 3.12. The number of amides is 1. The predicted octanol–water partition coefficient (Wildman–Crippen LogP) is 4.84. The number of carbonyl (C=O) groups excluding carboxylic acids is 2. The van der Waals surface area contributed by atoms with Gasteiger partial charge in [-0.15, -0.1) is 0 Å². The van der Waals surface area contributed by atoms with E-state index >= 15 is 0 Å². The van der Waals surface area contributed by atoms with Crippen LogP contribution >= 0.6 is 11.3 Å². The maximum absolute atomic E-state index is 12.6. The van der Waals surface area contributed by atoms with Gasteiger partial charge in [0, 0.05) is 5.56 Å². The largest absolute Gasteiger partial charge is 0.462 e. The molecule has 3 rings (SSSR count). The molecule has 150 valence electrons. The van der Waals surface area contributed by atoms with Crippen LogP contribution in [0.2, 0.25) is 0 Å². The highest BCUT2D eigenvalue weighted by atomic mass is 32.1. The van der Waals surface area contributed by atoms with Crippen LogP contribution in [0.25, 0.3) is 11.3 Å². The summed E-state index contributed by atoms with van der Waals surface area (Å²) in [6, 6.07) is 14.6. The zero-order valence-electron chi connectivity index (χ0n) is 15.2. The second-order valence-corrected chi connectivity index (χ2v) is 6.61. The number of benzene rings is 2. The quantitative estimate of drug-likeness (QED) is 0.556. The SMILES string of the molecule is CCOC(=O)c1sc(NC(=O)c2ccccc2OC(F)F)nc1-c1ccccc1. The molecule has 1 heterocycles. The van der Waals surface area contributed by atoms with E-state index in [9.17, 15) is 18.4 Å². The lowest BCUT2D eigenvalue weighted by molar-refractivity contribution is -0.0501. The number of alkyl halides is 2. The van der Waals surface area contributed by atoms with Crippen LogP contribution in [0.15, 0.2) is 54.6 Å². The summed E-state index contributed by atoms with van der Waals surface area (Å²) in [5, 5.41) is 2.66. The number of para-hydroxylation sites is 1. The average molecular weight is 418 g/mol. The number of halogens is 2. The molecule has 0 radical (unpaired) electrons. The van der Waals surface area contributed by atoms with Gasteiger partial charge in [-0.1, -0.05) is 53.8 Å². The Morgan fingerprint density at radius 2 is 1.79 bits per heavy atom. The first kappa shape index (κ1) is 20.4. The maximum Gasteiger partial charge on any atom is 0.387 e. The standard InChI is InChI=1S/C20H16F2N2O4S/c1-2-27-18(26)16-15(12-8-4-3-5-9-12)23-20(29-16)24-17(25)13-10-6-7-11-14(13)28-19(21)22/h3-11,19H,2H2,1H3,(H,23,24,25). The number of nitrogens with one attached hydrogen (secondary N) is 1. The van der Waals surface area contributed by atoms with Crippen molar-refractivity contribution in [2.24, 2.45) is 0 Å². The molecule has 1 amide bonds. The number of aromatic nitrogens is 1. The fraction of sp³-hybridized carbons (Fsp3) is 0.150. The molecule has 0 aliphatic carbocycles. The molecule has 1 aromatic heterocycles. The minimum absolute atomic E-state index is 0.0815. The third-order valence-corrected chi connectivity index (χ3v) is 4.65. The first-order valence-electron chi connectivity index (χ1n) is 8.58. The topological polar surface area (TPSA) is 77.5 Å². The van der Waals surface area contributed by atoms with Crippen molar-refractivity contribution in [3.8, 4) is 17.0 Å². The molecule has 2 aromatic carbocycles. The normalized spacial score (nSPS) is 10.6. The Bertz CT molecular complexity index is 1010. The van der Waals surface area contributed by atoms with E-state index in [1.54, 1.807) is 31.2 Å². The fourth-order valence-electron chi connectivity index (χ4n) is 2.52. The second-order valence-electron chi connectivity index (χ2n) is 5.61. The summed E-state index contributed by atoms with van der Waals surface area (Å²) < 4.78 is 34.6. The maximum atomic E-state index is 12.6. The van der Waals surface area contributed by atoms with Crippen LogP contribution in [0.3, 0.4) is 0 Å². The molecule has 0 atom stereocenters. The van der Waals surface area contributed by atoms with Gasteiger partial charge >= 0.3 is 12.6 Å². The number of rotatable bonds is 7. The van der Waals surface area contributed by atoms with Gasteiger partial charge in [-0.3, -0.25) is 10.1 Å². The molecule has 0 unspecified atom stereocenters. The molecule has 9 heteroatoms. The van der Waals surface area contributed by atoms with Crippen molar-refractivity contribution < 1.29 is 27.8 Å². The number of ether oxygens (including phenoxy) is 2. The summed E-state index contributed by atoms with van der Waals surface area (Å²) in [6.07, 6.45) is 0. The van der Waals surface area contributed by atoms with Crippen molar-refractivity contribution in [1.29, 1.82) is 0 Å². The third-order valence-electron chi connectivity index (χ3n) is 3.70. The highest BCUT2D eigenvalue weighted by Crippen LogP contribution is 2.32. The zero-order chi connectivity index (χ0) is 20.8. The molecule has 0 spiro atoms. The number of thiazole rings is 1. The van der Waals surface area contributed by atoms with Crippen molar-refractivity contribution >= 4 is 28.3 Å². The minimum Gasteiger partial charge on any atom is -0.462 e. The van der Waals surface area contributed by atoms with Gasteiger partial charge in [-0.25, -0.2) is 9.78 Å². The Balaban J connectivity index is 1.92. The number of esters is 1. The molecule has 1 N–H and O–H groups in total. The lowest BCUT2D eigenvalue weighted by atomic mass is 10.1. The van der Waals surface area contributed by atoms with E-state index in [1.807, 2.05) is 6.07 Å². The lowest BCUT2D eigenvalue weighted by Gasteiger charge is -2.09. The lowest BCUT2D eigenvalue weighted by Crippen LogP contribution is -2.14. The van der Waals surface area contributed by atoms with Crippen LogP contribution in [0.1, 0.15) is 27.0 Å². The van der Waals surface area contributed by atoms with Gasteiger partial charge in [0.15, 0.2) is 5.13 Å². The van der Waals surface area contributed by atoms with E-state index in [2.05, 4.69) is 15.0 Å². The Kier molecular flexibility index (Phi) is 6.50. The van der Waals surface area contributed by atoms with Crippen molar-refractivity contribution in [1.82, 2.24) is 4.98 Å².